The van der Waals surface area contributed by atoms with Crippen LogP contribution in [0.3, 0.4) is 0 Å². The summed E-state index contributed by atoms with van der Waals surface area (Å²) in [5, 5.41) is 0. The Morgan fingerprint density at radius 3 is 2.71 bits per heavy atom. The van der Waals surface area contributed by atoms with Crippen LogP contribution < -0.4 is 15.2 Å². The summed E-state index contributed by atoms with van der Waals surface area (Å²) in [6.07, 6.45) is -0.0931. The number of hydrogen-bond donors (Lipinski definition) is 2. The summed E-state index contributed by atoms with van der Waals surface area (Å²) < 4.78 is 36.3. The fourth-order valence-corrected chi connectivity index (χ4v) is 2.30. The van der Waals surface area contributed by atoms with Crippen LogP contribution in [0.25, 0.3) is 0 Å². The average molecular weight is 258 g/mol. The van der Waals surface area contributed by atoms with Crippen LogP contribution in [-0.4, -0.2) is 34.8 Å². The van der Waals surface area contributed by atoms with Gasteiger partial charge in [-0.2, -0.15) is 0 Å². The molecule has 1 heterocycles. The molecule has 0 aliphatic carbocycles. The molecule has 1 aliphatic rings. The van der Waals surface area contributed by atoms with Gasteiger partial charge in [0.05, 0.1) is 13.2 Å². The Kier molecular flexibility index (Phi) is 3.23. The smallest absolute Gasteiger partial charge is 0.244 e. The maximum Gasteiger partial charge on any atom is 0.244 e. The van der Waals surface area contributed by atoms with Gasteiger partial charge in [0.15, 0.2) is 0 Å². The summed E-state index contributed by atoms with van der Waals surface area (Å²) in [6.45, 7) is 0.951. The molecule has 0 amide bonds. The Morgan fingerprint density at radius 1 is 1.47 bits per heavy atom. The number of ether oxygens (including phenoxy) is 2. The van der Waals surface area contributed by atoms with E-state index in [9.17, 15) is 8.42 Å². The van der Waals surface area contributed by atoms with Crippen LogP contribution in [0.5, 0.6) is 5.75 Å². The summed E-state index contributed by atoms with van der Waals surface area (Å²) in [6, 6.07) is 4.53. The van der Waals surface area contributed by atoms with Crippen LogP contribution in [-0.2, 0) is 14.8 Å². The molecule has 1 fully saturated rings. The normalized spacial score (nSPS) is 16.5. The van der Waals surface area contributed by atoms with E-state index in [1.165, 1.54) is 13.1 Å². The molecule has 0 atom stereocenters. The predicted molar refractivity (Wildman–Crippen MR) is 62.3 cm³/mol. The first-order chi connectivity index (χ1) is 8.03. The van der Waals surface area contributed by atoms with E-state index in [1.54, 1.807) is 12.1 Å². The maximum absolute atomic E-state index is 11.8. The third-order valence-corrected chi connectivity index (χ3v) is 3.86. The second kappa shape index (κ2) is 4.52. The number of anilines is 1. The van der Waals surface area contributed by atoms with Crippen LogP contribution in [0.1, 0.15) is 0 Å². The van der Waals surface area contributed by atoms with Crippen molar-refractivity contribution in [2.75, 3.05) is 26.0 Å². The van der Waals surface area contributed by atoms with Crippen molar-refractivity contribution in [3.63, 3.8) is 0 Å². The average Bonchev–Trinajstić information content (AvgIpc) is 2.25. The first kappa shape index (κ1) is 12.2. The largest absolute Gasteiger partial charge is 0.484 e. The fraction of sp³-hybridized carbons (Fsp3) is 0.400. The van der Waals surface area contributed by atoms with Crippen LogP contribution in [0.2, 0.25) is 0 Å². The van der Waals surface area contributed by atoms with Crippen molar-refractivity contribution in [3.8, 4) is 5.75 Å². The zero-order valence-corrected chi connectivity index (χ0v) is 10.2. The highest BCUT2D eigenvalue weighted by molar-refractivity contribution is 7.89. The molecular formula is C10H14N2O4S. The zero-order chi connectivity index (χ0) is 12.5. The van der Waals surface area contributed by atoms with E-state index >= 15 is 0 Å². The zero-order valence-electron chi connectivity index (χ0n) is 9.34. The Balaban J connectivity index is 2.36. The number of nitrogens with two attached hydrogens (primary N) is 1. The van der Waals surface area contributed by atoms with Crippen molar-refractivity contribution in [1.82, 2.24) is 4.72 Å². The van der Waals surface area contributed by atoms with Gasteiger partial charge in [0.25, 0.3) is 0 Å². The van der Waals surface area contributed by atoms with Gasteiger partial charge in [0, 0.05) is 5.69 Å². The second-order valence-corrected chi connectivity index (χ2v) is 5.55. The summed E-state index contributed by atoms with van der Waals surface area (Å²) in [5.41, 5.74) is 5.96. The van der Waals surface area contributed by atoms with Gasteiger partial charge >= 0.3 is 0 Å². The molecular weight excluding hydrogens is 244 g/mol. The van der Waals surface area contributed by atoms with Crippen molar-refractivity contribution < 1.29 is 17.9 Å². The monoisotopic (exact) mass is 258 g/mol. The minimum absolute atomic E-state index is 0.0481. The van der Waals surface area contributed by atoms with Crippen molar-refractivity contribution in [2.45, 2.75) is 11.0 Å². The Bertz CT molecular complexity index is 511. The Hall–Kier alpha value is -1.31. The molecule has 1 aromatic rings. The van der Waals surface area contributed by atoms with Crippen LogP contribution in [0, 0.1) is 0 Å². The van der Waals surface area contributed by atoms with E-state index in [0.29, 0.717) is 24.7 Å². The molecule has 1 saturated heterocycles. The third kappa shape index (κ3) is 2.51. The summed E-state index contributed by atoms with van der Waals surface area (Å²) >= 11 is 0. The molecule has 7 heteroatoms. The van der Waals surface area contributed by atoms with Crippen LogP contribution >= 0.6 is 0 Å². The number of sulfonamides is 1. The quantitative estimate of drug-likeness (QED) is 0.739. The van der Waals surface area contributed by atoms with Gasteiger partial charge in [-0.3, -0.25) is 0 Å². The minimum Gasteiger partial charge on any atom is -0.484 e. The van der Waals surface area contributed by atoms with Gasteiger partial charge in [0.1, 0.15) is 16.7 Å². The van der Waals surface area contributed by atoms with Gasteiger partial charge in [-0.1, -0.05) is 0 Å². The highest BCUT2D eigenvalue weighted by Crippen LogP contribution is 2.27. The first-order valence-corrected chi connectivity index (χ1v) is 6.59. The molecule has 94 valence electrons. The van der Waals surface area contributed by atoms with Gasteiger partial charge in [0.2, 0.25) is 10.0 Å². The second-order valence-electron chi connectivity index (χ2n) is 3.69. The molecule has 2 rings (SSSR count). The van der Waals surface area contributed by atoms with E-state index in [2.05, 4.69) is 4.72 Å². The van der Waals surface area contributed by atoms with E-state index in [-0.39, 0.29) is 11.0 Å². The minimum atomic E-state index is -3.58. The van der Waals surface area contributed by atoms with Gasteiger partial charge < -0.3 is 15.2 Å². The molecule has 3 N–H and O–H groups in total. The lowest BCUT2D eigenvalue weighted by Crippen LogP contribution is -2.39. The summed E-state index contributed by atoms with van der Waals surface area (Å²) in [5.74, 6) is 0.293. The van der Waals surface area contributed by atoms with Gasteiger partial charge in [-0.05, 0) is 25.2 Å². The molecule has 1 aliphatic heterocycles. The third-order valence-electron chi connectivity index (χ3n) is 2.43. The lowest BCUT2D eigenvalue weighted by atomic mass is 10.3. The topological polar surface area (TPSA) is 90.7 Å². The standard InChI is InChI=1S/C10H14N2O4S/c1-12-17(13,14)10-4-7(11)2-3-9(10)16-8-5-15-6-8/h2-4,8,12H,5-6,11H2,1H3. The highest BCUT2D eigenvalue weighted by atomic mass is 32.2. The number of benzene rings is 1. The summed E-state index contributed by atoms with van der Waals surface area (Å²) in [7, 11) is -2.23. The lowest BCUT2D eigenvalue weighted by molar-refractivity contribution is -0.0807. The van der Waals surface area contributed by atoms with E-state index in [0.717, 1.165) is 0 Å². The lowest BCUT2D eigenvalue weighted by Gasteiger charge is -2.27. The van der Waals surface area contributed by atoms with Crippen molar-refractivity contribution in [2.24, 2.45) is 0 Å². The molecule has 0 spiro atoms. The van der Waals surface area contributed by atoms with Crippen LogP contribution in [0.15, 0.2) is 23.1 Å². The Labute approximate surface area is 99.8 Å². The molecule has 0 radical (unpaired) electrons. The van der Waals surface area contributed by atoms with E-state index in [1.807, 2.05) is 0 Å². The van der Waals surface area contributed by atoms with Crippen molar-refractivity contribution >= 4 is 15.7 Å². The number of hydrogen-bond acceptors (Lipinski definition) is 5. The van der Waals surface area contributed by atoms with Crippen molar-refractivity contribution in [1.29, 1.82) is 0 Å². The fourth-order valence-electron chi connectivity index (χ4n) is 1.40. The van der Waals surface area contributed by atoms with Gasteiger partial charge in [-0.25, -0.2) is 13.1 Å². The maximum atomic E-state index is 11.8. The molecule has 17 heavy (non-hydrogen) atoms. The molecule has 1 aromatic carbocycles. The first-order valence-electron chi connectivity index (χ1n) is 5.10. The van der Waals surface area contributed by atoms with Crippen molar-refractivity contribution in [3.05, 3.63) is 18.2 Å². The number of nitrogen functional groups attached to an aromatic ring is 1. The van der Waals surface area contributed by atoms with E-state index in [4.69, 9.17) is 15.2 Å². The SMILES string of the molecule is CNS(=O)(=O)c1cc(N)ccc1OC1COC1. The predicted octanol–water partition coefficient (Wildman–Crippen LogP) is -0.0455. The van der Waals surface area contributed by atoms with Gasteiger partial charge in [-0.15, -0.1) is 0 Å². The Morgan fingerprint density at radius 2 is 2.18 bits per heavy atom. The molecule has 0 unspecified atom stereocenters. The summed E-state index contributed by atoms with van der Waals surface area (Å²) in [4.78, 5) is 0.0481. The molecule has 6 nitrogen and oxygen atoms in total. The highest BCUT2D eigenvalue weighted by Gasteiger charge is 2.24. The van der Waals surface area contributed by atoms with Crippen LogP contribution in [0.4, 0.5) is 5.69 Å². The number of rotatable bonds is 4. The van der Waals surface area contributed by atoms with E-state index < -0.39 is 10.0 Å². The number of nitrogens with one attached hydrogen (secondary N) is 1. The molecule has 0 saturated carbocycles. The molecule has 0 bridgehead atoms. The molecule has 0 aromatic heterocycles.